The van der Waals surface area contributed by atoms with Crippen molar-refractivity contribution in [2.75, 3.05) is 13.1 Å². The van der Waals surface area contributed by atoms with Gasteiger partial charge in [-0.25, -0.2) is 4.98 Å². The monoisotopic (exact) mass is 333 g/mol. The number of amides is 1. The molecular weight excluding hydrogens is 310 g/mol. The minimum atomic E-state index is -0.0667. The van der Waals surface area contributed by atoms with Crippen molar-refractivity contribution in [2.45, 2.75) is 44.6 Å². The van der Waals surface area contributed by atoms with Crippen LogP contribution in [-0.4, -0.2) is 30.0 Å². The van der Waals surface area contributed by atoms with Crippen LogP contribution < -0.4 is 10.6 Å². The van der Waals surface area contributed by atoms with Crippen molar-refractivity contribution >= 4 is 17.2 Å². The molecule has 23 heavy (non-hydrogen) atoms. The maximum Gasteiger partial charge on any atom is 0.263 e. The van der Waals surface area contributed by atoms with E-state index in [1.807, 2.05) is 12.1 Å². The van der Waals surface area contributed by atoms with Crippen LogP contribution in [-0.2, 0) is 0 Å². The van der Waals surface area contributed by atoms with Crippen molar-refractivity contribution < 1.29 is 9.21 Å². The first-order chi connectivity index (χ1) is 11.3. The standard InChI is InChI=1S/C17H23N3O2S/c21-16(15-12-20-17(23-15)14-8-5-11-22-14)19-10-9-18-13-6-3-1-2-4-7-13/h5,8,11-13,18H,1-4,6-7,9-10H2,(H,19,21). The molecule has 5 nitrogen and oxygen atoms in total. The van der Waals surface area contributed by atoms with Gasteiger partial charge >= 0.3 is 0 Å². The lowest BCUT2D eigenvalue weighted by molar-refractivity contribution is 0.0957. The van der Waals surface area contributed by atoms with Crippen LogP contribution in [0.4, 0.5) is 0 Å². The molecule has 0 radical (unpaired) electrons. The van der Waals surface area contributed by atoms with Gasteiger partial charge < -0.3 is 15.1 Å². The van der Waals surface area contributed by atoms with Gasteiger partial charge in [-0.05, 0) is 25.0 Å². The van der Waals surface area contributed by atoms with Gasteiger partial charge in [0.15, 0.2) is 10.8 Å². The lowest BCUT2D eigenvalue weighted by Crippen LogP contribution is -2.36. The molecule has 124 valence electrons. The molecule has 3 rings (SSSR count). The van der Waals surface area contributed by atoms with Crippen LogP contribution >= 0.6 is 11.3 Å². The number of carbonyl (C=O) groups is 1. The van der Waals surface area contributed by atoms with Crippen LogP contribution in [0.1, 0.15) is 48.2 Å². The van der Waals surface area contributed by atoms with E-state index in [9.17, 15) is 4.79 Å². The van der Waals surface area contributed by atoms with Gasteiger partial charge in [-0.1, -0.05) is 25.7 Å². The first-order valence-corrected chi connectivity index (χ1v) is 9.16. The third-order valence-electron chi connectivity index (χ3n) is 4.16. The van der Waals surface area contributed by atoms with Gasteiger partial charge in [0.25, 0.3) is 5.91 Å². The van der Waals surface area contributed by atoms with E-state index in [0.29, 0.717) is 23.2 Å². The predicted molar refractivity (Wildman–Crippen MR) is 91.6 cm³/mol. The quantitative estimate of drug-likeness (QED) is 0.628. The molecule has 2 N–H and O–H groups in total. The third kappa shape index (κ3) is 4.65. The number of nitrogens with zero attached hydrogens (tertiary/aromatic N) is 1. The molecule has 1 amide bonds. The van der Waals surface area contributed by atoms with Crippen LogP contribution in [0.2, 0.25) is 0 Å². The van der Waals surface area contributed by atoms with Crippen LogP contribution in [0.3, 0.4) is 0 Å². The van der Waals surface area contributed by atoms with Crippen molar-refractivity contribution in [2.24, 2.45) is 0 Å². The molecule has 0 aromatic carbocycles. The average molecular weight is 333 g/mol. The van der Waals surface area contributed by atoms with E-state index in [1.54, 1.807) is 12.5 Å². The second-order valence-corrected chi connectivity index (χ2v) is 6.94. The number of carbonyl (C=O) groups excluding carboxylic acids is 1. The minimum absolute atomic E-state index is 0.0667. The SMILES string of the molecule is O=C(NCCNC1CCCCCC1)c1cnc(-c2ccco2)s1. The van der Waals surface area contributed by atoms with Crippen LogP contribution in [0.25, 0.3) is 10.8 Å². The second-order valence-electron chi connectivity index (χ2n) is 5.91. The molecular formula is C17H23N3O2S. The van der Waals surface area contributed by atoms with E-state index >= 15 is 0 Å². The Hall–Kier alpha value is -1.66. The van der Waals surface area contributed by atoms with Crippen molar-refractivity contribution in [1.29, 1.82) is 0 Å². The number of aromatic nitrogens is 1. The Morgan fingerprint density at radius 3 is 2.83 bits per heavy atom. The van der Waals surface area contributed by atoms with E-state index in [2.05, 4.69) is 15.6 Å². The number of hydrogen-bond donors (Lipinski definition) is 2. The average Bonchev–Trinajstić information content (AvgIpc) is 3.19. The zero-order valence-corrected chi connectivity index (χ0v) is 14.0. The molecule has 1 fully saturated rings. The first kappa shape index (κ1) is 16.2. The highest BCUT2D eigenvalue weighted by Gasteiger charge is 2.14. The van der Waals surface area contributed by atoms with Gasteiger partial charge in [-0.15, -0.1) is 11.3 Å². The molecule has 1 aliphatic rings. The van der Waals surface area contributed by atoms with E-state index in [1.165, 1.54) is 49.9 Å². The van der Waals surface area contributed by atoms with E-state index in [4.69, 9.17) is 4.42 Å². The summed E-state index contributed by atoms with van der Waals surface area (Å²) >= 11 is 1.35. The number of hydrogen-bond acceptors (Lipinski definition) is 5. The number of thiazole rings is 1. The maximum atomic E-state index is 12.1. The lowest BCUT2D eigenvalue weighted by Gasteiger charge is -2.16. The van der Waals surface area contributed by atoms with E-state index in [-0.39, 0.29) is 5.91 Å². The van der Waals surface area contributed by atoms with Gasteiger partial charge in [0.2, 0.25) is 0 Å². The van der Waals surface area contributed by atoms with Crippen molar-refractivity contribution in [1.82, 2.24) is 15.6 Å². The molecule has 0 aliphatic heterocycles. The summed E-state index contributed by atoms with van der Waals surface area (Å²) in [6, 6.07) is 4.27. The Labute approximate surface area is 140 Å². The first-order valence-electron chi connectivity index (χ1n) is 8.34. The normalized spacial score (nSPS) is 16.2. The van der Waals surface area contributed by atoms with E-state index < -0.39 is 0 Å². The highest BCUT2D eigenvalue weighted by molar-refractivity contribution is 7.16. The molecule has 0 spiro atoms. The Balaban J connectivity index is 1.41. The summed E-state index contributed by atoms with van der Waals surface area (Å²) in [5, 5.41) is 7.24. The molecule has 0 bridgehead atoms. The van der Waals surface area contributed by atoms with Crippen LogP contribution in [0.5, 0.6) is 0 Å². The lowest BCUT2D eigenvalue weighted by atomic mass is 10.1. The molecule has 2 aromatic heterocycles. The maximum absolute atomic E-state index is 12.1. The topological polar surface area (TPSA) is 67.2 Å². The molecule has 0 atom stereocenters. The van der Waals surface area contributed by atoms with Crippen molar-refractivity contribution in [3.8, 4) is 10.8 Å². The highest BCUT2D eigenvalue weighted by atomic mass is 32.1. The summed E-state index contributed by atoms with van der Waals surface area (Å²) in [4.78, 5) is 17.0. The van der Waals surface area contributed by atoms with Gasteiger partial charge in [0.05, 0.1) is 12.5 Å². The summed E-state index contributed by atoms with van der Waals surface area (Å²) in [5.41, 5.74) is 0. The Kier molecular flexibility index (Phi) is 5.82. The smallest absolute Gasteiger partial charge is 0.263 e. The predicted octanol–water partition coefficient (Wildman–Crippen LogP) is 3.45. The fourth-order valence-corrected chi connectivity index (χ4v) is 3.72. The molecule has 0 saturated heterocycles. The van der Waals surface area contributed by atoms with E-state index in [0.717, 1.165) is 11.6 Å². The summed E-state index contributed by atoms with van der Waals surface area (Å²) in [6.07, 6.45) is 11.1. The van der Waals surface area contributed by atoms with Crippen molar-refractivity contribution in [3.63, 3.8) is 0 Å². The van der Waals surface area contributed by atoms with Crippen LogP contribution in [0.15, 0.2) is 29.0 Å². The second kappa shape index (κ2) is 8.26. The molecule has 2 aromatic rings. The molecule has 1 saturated carbocycles. The summed E-state index contributed by atoms with van der Waals surface area (Å²) < 4.78 is 5.29. The van der Waals surface area contributed by atoms with Crippen molar-refractivity contribution in [3.05, 3.63) is 29.5 Å². The van der Waals surface area contributed by atoms with Gasteiger partial charge in [0, 0.05) is 19.1 Å². The zero-order valence-electron chi connectivity index (χ0n) is 13.2. The number of rotatable bonds is 6. The molecule has 0 unspecified atom stereocenters. The fourth-order valence-electron chi connectivity index (χ4n) is 2.92. The molecule has 2 heterocycles. The van der Waals surface area contributed by atoms with Gasteiger partial charge in [-0.3, -0.25) is 4.79 Å². The fraction of sp³-hybridized carbons (Fsp3) is 0.529. The zero-order chi connectivity index (χ0) is 15.9. The van der Waals surface area contributed by atoms with Crippen LogP contribution in [0, 0.1) is 0 Å². The Morgan fingerprint density at radius 1 is 1.26 bits per heavy atom. The third-order valence-corrected chi connectivity index (χ3v) is 5.17. The summed E-state index contributed by atoms with van der Waals surface area (Å²) in [7, 11) is 0. The summed E-state index contributed by atoms with van der Waals surface area (Å²) in [5.74, 6) is 0.632. The highest BCUT2D eigenvalue weighted by Crippen LogP contribution is 2.25. The molecule has 1 aliphatic carbocycles. The Morgan fingerprint density at radius 2 is 2.09 bits per heavy atom. The molecule has 6 heteroatoms. The van der Waals surface area contributed by atoms with Gasteiger partial charge in [0.1, 0.15) is 4.88 Å². The largest absolute Gasteiger partial charge is 0.462 e. The minimum Gasteiger partial charge on any atom is -0.462 e. The summed E-state index contributed by atoms with van der Waals surface area (Å²) in [6.45, 7) is 1.46. The van der Waals surface area contributed by atoms with Gasteiger partial charge in [-0.2, -0.15) is 0 Å². The number of furan rings is 1. The number of nitrogens with one attached hydrogen (secondary N) is 2. The Bertz CT molecular complexity index is 601.